The van der Waals surface area contributed by atoms with Crippen LogP contribution in [0.15, 0.2) is 231 Å². The first kappa shape index (κ1) is 39.7. The first-order chi connectivity index (χ1) is 33.0. The molecule has 0 spiro atoms. The van der Waals surface area contributed by atoms with Gasteiger partial charge in [0.15, 0.2) is 0 Å². The van der Waals surface area contributed by atoms with Gasteiger partial charge in [0.05, 0.1) is 16.7 Å². The summed E-state index contributed by atoms with van der Waals surface area (Å²) in [5, 5.41) is 4.44. The molecule has 0 unspecified atom stereocenters. The molecule has 0 aliphatic carbocycles. The summed E-state index contributed by atoms with van der Waals surface area (Å²) in [7, 11) is 0. The summed E-state index contributed by atoms with van der Waals surface area (Å²) in [5.74, 6) is -0.501. The highest BCUT2D eigenvalue weighted by Crippen LogP contribution is 2.42. The van der Waals surface area contributed by atoms with Gasteiger partial charge in [0.2, 0.25) is 0 Å². The van der Waals surface area contributed by atoms with Crippen LogP contribution in [-0.4, -0.2) is 9.13 Å². The molecule has 10 aromatic carbocycles. The number of rotatable bonds is 10. The molecule has 6 heteroatoms. The lowest BCUT2D eigenvalue weighted by Crippen LogP contribution is -2.10. The number of fused-ring (bicyclic) bond motifs is 6. The van der Waals surface area contributed by atoms with Crippen molar-refractivity contribution in [2.75, 3.05) is 9.80 Å². The minimum Gasteiger partial charge on any atom is -0.329 e. The lowest BCUT2D eigenvalue weighted by atomic mass is 10.0. The number of benzene rings is 9. The van der Waals surface area contributed by atoms with Crippen molar-refractivity contribution in [3.8, 4) is 16.8 Å². The molecule has 2 heterocycles. The Morgan fingerprint density at radius 1 is 0.373 bits per heavy atom. The van der Waals surface area contributed by atoms with Gasteiger partial charge < -0.3 is 18.9 Å². The van der Waals surface area contributed by atoms with Gasteiger partial charge in [0, 0.05) is 67.7 Å². The van der Waals surface area contributed by atoms with Crippen LogP contribution in [0.3, 0.4) is 0 Å². The number of hydrogen-bond donors (Lipinski definition) is 0. The second kappa shape index (κ2) is 16.6. The van der Waals surface area contributed by atoms with Gasteiger partial charge in [-0.05, 0) is 150 Å². The van der Waals surface area contributed by atoms with E-state index in [0.717, 1.165) is 100 Å². The normalized spacial score (nSPS) is 11.4. The Balaban J connectivity index is 0.887. The molecule has 0 saturated heterocycles. The van der Waals surface area contributed by atoms with E-state index in [1.54, 1.807) is 0 Å². The Morgan fingerprint density at radius 2 is 0.866 bits per heavy atom. The topological polar surface area (TPSA) is 16.3 Å². The van der Waals surface area contributed by atoms with Crippen molar-refractivity contribution in [2.45, 2.75) is 6.54 Å². The standard InChI is InChI=1S/C61H40F2N4/c62-45-25-19-42(20-26-45)41-64-58-17-9-7-15-54(58)56-39-52(35-37-59(56)64)65(47-11-3-1-4-12-47)49-29-21-43(22-30-49)44-23-31-50(32-24-44)66(48-13-5-2-6-14-48)53-36-38-61-57(40-53)55-16-8-10-18-60(55)67(61)51-33-27-46(63)28-34-51/h1-34,36,38-40H,41H2. The Hall–Kier alpha value is -8.92. The highest BCUT2D eigenvalue weighted by molar-refractivity contribution is 6.11. The molecule has 0 amide bonds. The van der Waals surface area contributed by atoms with E-state index in [2.05, 4.69) is 195 Å². The lowest BCUT2D eigenvalue weighted by molar-refractivity contribution is 0.626. The smallest absolute Gasteiger partial charge is 0.123 e. The highest BCUT2D eigenvalue weighted by atomic mass is 19.1. The Bertz CT molecular complexity index is 3710. The minimum atomic E-state index is -0.256. The van der Waals surface area contributed by atoms with E-state index in [-0.39, 0.29) is 11.6 Å². The number of halogens is 2. The van der Waals surface area contributed by atoms with Crippen LogP contribution in [0.4, 0.5) is 42.9 Å². The van der Waals surface area contributed by atoms with Crippen molar-refractivity contribution in [1.82, 2.24) is 9.13 Å². The fourth-order valence-electron chi connectivity index (χ4n) is 9.57. The molecule has 0 aliphatic rings. The third-order valence-electron chi connectivity index (χ3n) is 12.7. The molecule has 2 aromatic heterocycles. The van der Waals surface area contributed by atoms with Crippen LogP contribution < -0.4 is 9.80 Å². The molecule has 0 atom stereocenters. The fourth-order valence-corrected chi connectivity index (χ4v) is 9.57. The maximum atomic E-state index is 14.0. The van der Waals surface area contributed by atoms with Crippen LogP contribution >= 0.6 is 0 Å². The summed E-state index contributed by atoms with van der Waals surface area (Å²) in [6.07, 6.45) is 0. The van der Waals surface area contributed by atoms with Gasteiger partial charge in [-0.25, -0.2) is 8.78 Å². The minimum absolute atomic E-state index is 0.245. The number of anilines is 6. The zero-order chi connectivity index (χ0) is 44.8. The zero-order valence-electron chi connectivity index (χ0n) is 36.2. The summed E-state index contributed by atoms with van der Waals surface area (Å²) < 4.78 is 32.3. The Morgan fingerprint density at radius 3 is 1.51 bits per heavy atom. The quantitative estimate of drug-likeness (QED) is 0.136. The van der Waals surface area contributed by atoms with Gasteiger partial charge in [-0.2, -0.15) is 0 Å². The van der Waals surface area contributed by atoms with E-state index in [1.165, 1.54) is 24.3 Å². The van der Waals surface area contributed by atoms with Gasteiger partial charge in [0.1, 0.15) is 17.2 Å². The van der Waals surface area contributed by atoms with Gasteiger partial charge in [0.25, 0.3) is 0 Å². The zero-order valence-corrected chi connectivity index (χ0v) is 36.2. The molecule has 12 rings (SSSR count). The summed E-state index contributed by atoms with van der Waals surface area (Å²) in [5.41, 5.74) is 14.3. The molecule has 0 N–H and O–H groups in total. The molecule has 12 aromatic rings. The summed E-state index contributed by atoms with van der Waals surface area (Å²) in [6.45, 7) is 0.588. The monoisotopic (exact) mass is 866 g/mol. The van der Waals surface area contributed by atoms with Crippen molar-refractivity contribution in [3.63, 3.8) is 0 Å². The first-order valence-electron chi connectivity index (χ1n) is 22.3. The van der Waals surface area contributed by atoms with Crippen molar-refractivity contribution in [1.29, 1.82) is 0 Å². The van der Waals surface area contributed by atoms with Crippen molar-refractivity contribution < 1.29 is 8.78 Å². The number of aromatic nitrogens is 2. The third kappa shape index (κ3) is 7.20. The van der Waals surface area contributed by atoms with Crippen LogP contribution in [0, 0.1) is 23.8 Å². The lowest BCUT2D eigenvalue weighted by Gasteiger charge is -2.26. The second-order valence-electron chi connectivity index (χ2n) is 16.7. The van der Waals surface area contributed by atoms with Crippen LogP contribution in [0.2, 0.25) is 0 Å². The van der Waals surface area contributed by atoms with E-state index in [9.17, 15) is 8.78 Å². The van der Waals surface area contributed by atoms with Gasteiger partial charge >= 0.3 is 0 Å². The molecule has 318 valence electrons. The van der Waals surface area contributed by atoms with Crippen LogP contribution in [0.1, 0.15) is 5.56 Å². The van der Waals surface area contributed by atoms with Crippen LogP contribution in [0.5, 0.6) is 0 Å². The van der Waals surface area contributed by atoms with Gasteiger partial charge in [-0.3, -0.25) is 0 Å². The number of hydrogen-bond acceptors (Lipinski definition) is 2. The molecule has 67 heavy (non-hydrogen) atoms. The van der Waals surface area contributed by atoms with E-state index in [1.807, 2.05) is 42.5 Å². The molecule has 0 radical (unpaired) electrons. The van der Waals surface area contributed by atoms with E-state index in [0.29, 0.717) is 6.54 Å². The molecule has 0 aliphatic heterocycles. The summed E-state index contributed by atoms with van der Waals surface area (Å²) in [4.78, 5) is 4.51. The number of para-hydroxylation sites is 4. The maximum absolute atomic E-state index is 14.0. The van der Waals surface area contributed by atoms with Crippen molar-refractivity contribution in [3.05, 3.63) is 260 Å². The third-order valence-corrected chi connectivity index (χ3v) is 12.7. The molecular weight excluding hydrogens is 827 g/mol. The highest BCUT2D eigenvalue weighted by Gasteiger charge is 2.20. The Kier molecular flexibility index (Phi) is 9.81. The van der Waals surface area contributed by atoms with Crippen molar-refractivity contribution >= 4 is 77.7 Å². The van der Waals surface area contributed by atoms with Gasteiger partial charge in [-0.15, -0.1) is 0 Å². The maximum Gasteiger partial charge on any atom is 0.123 e. The van der Waals surface area contributed by atoms with E-state index >= 15 is 0 Å². The average Bonchev–Trinajstić information content (AvgIpc) is 3.88. The first-order valence-corrected chi connectivity index (χ1v) is 22.3. The Labute approximate surface area is 387 Å². The van der Waals surface area contributed by atoms with Crippen LogP contribution in [-0.2, 0) is 6.54 Å². The van der Waals surface area contributed by atoms with E-state index in [4.69, 9.17) is 0 Å². The average molecular weight is 867 g/mol. The molecule has 4 nitrogen and oxygen atoms in total. The van der Waals surface area contributed by atoms with Crippen LogP contribution in [0.25, 0.3) is 60.4 Å². The SMILES string of the molecule is Fc1ccc(Cn2c3c#cc(N(c4ccccc4)c4ccc(-c5ccc(N(c6ccccc6)c6ccc7c(c6)c6ccccc6n7-c6ccc(F)cc6)cc5)cc4)cc3c3ccccc32)cc1. The molecular formula is C61H40F2N4. The van der Waals surface area contributed by atoms with Gasteiger partial charge in [-0.1, -0.05) is 109 Å². The molecule has 0 fully saturated rings. The molecule has 0 saturated carbocycles. The second-order valence-corrected chi connectivity index (χ2v) is 16.7. The largest absolute Gasteiger partial charge is 0.329 e. The summed E-state index contributed by atoms with van der Waals surface area (Å²) >= 11 is 0. The predicted octanol–water partition coefficient (Wildman–Crippen LogP) is 16.4. The van der Waals surface area contributed by atoms with E-state index < -0.39 is 0 Å². The predicted molar refractivity (Wildman–Crippen MR) is 272 cm³/mol. The molecule has 0 bridgehead atoms. The fraction of sp³-hybridized carbons (Fsp3) is 0.0164. The summed E-state index contributed by atoms with van der Waals surface area (Å²) in [6, 6.07) is 84.3. The van der Waals surface area contributed by atoms with Crippen molar-refractivity contribution in [2.24, 2.45) is 0 Å². The number of nitrogens with zero attached hydrogens (tertiary/aromatic N) is 4.